The summed E-state index contributed by atoms with van der Waals surface area (Å²) in [6.45, 7) is 6.63. The highest BCUT2D eigenvalue weighted by molar-refractivity contribution is 7.73. The summed E-state index contributed by atoms with van der Waals surface area (Å²) >= 11 is 5.98. The molecule has 1 heterocycles. The highest BCUT2D eigenvalue weighted by Gasteiger charge is 2.34. The normalized spacial score (nSPS) is 12.2. The molecule has 0 aromatic carbocycles. The van der Waals surface area contributed by atoms with Crippen LogP contribution in [0.15, 0.2) is 0 Å². The van der Waals surface area contributed by atoms with Gasteiger partial charge in [0.2, 0.25) is 17.8 Å². The van der Waals surface area contributed by atoms with Crippen molar-refractivity contribution in [2.45, 2.75) is 39.3 Å². The Hall–Kier alpha value is -2.01. The van der Waals surface area contributed by atoms with E-state index in [1.54, 1.807) is 34.9 Å². The van der Waals surface area contributed by atoms with E-state index in [1.165, 1.54) is 11.8 Å². The molecule has 0 aliphatic heterocycles. The molecular weight excluding hydrogens is 352 g/mol. The Morgan fingerprint density at radius 3 is 2.42 bits per heavy atom. The molecule has 0 fully saturated rings. The highest BCUT2D eigenvalue weighted by Crippen LogP contribution is 2.14. The second-order valence-corrected chi connectivity index (χ2v) is 7.60. The van der Waals surface area contributed by atoms with Crippen LogP contribution in [0.1, 0.15) is 27.7 Å². The van der Waals surface area contributed by atoms with Gasteiger partial charge in [-0.05, 0) is 51.4 Å². The number of nitrogens with zero attached hydrogens (tertiary/aromatic N) is 3. The molecular formula is C13H22N6O3S2. The van der Waals surface area contributed by atoms with E-state index < -0.39 is 23.6 Å². The van der Waals surface area contributed by atoms with Crippen LogP contribution in [0.2, 0.25) is 0 Å². The Morgan fingerprint density at radius 1 is 1.42 bits per heavy atom. The monoisotopic (exact) mass is 374 g/mol. The molecule has 1 aromatic rings. The third-order valence-electron chi connectivity index (χ3n) is 2.69. The Morgan fingerprint density at radius 2 is 2.00 bits per heavy atom. The van der Waals surface area contributed by atoms with Gasteiger partial charge in [0.15, 0.2) is 3.95 Å². The number of carbonyl (C=O) groups is 2. The van der Waals surface area contributed by atoms with E-state index in [2.05, 4.69) is 14.7 Å². The van der Waals surface area contributed by atoms with Crippen LogP contribution in [0.3, 0.4) is 0 Å². The fourth-order valence-electron chi connectivity index (χ4n) is 1.58. The van der Waals surface area contributed by atoms with E-state index in [9.17, 15) is 9.59 Å². The zero-order chi connectivity index (χ0) is 18.7. The predicted molar refractivity (Wildman–Crippen MR) is 94.9 cm³/mol. The topological polar surface area (TPSA) is 114 Å². The minimum Gasteiger partial charge on any atom is -0.443 e. The molecule has 1 unspecified atom stereocenters. The van der Waals surface area contributed by atoms with Crippen LogP contribution in [0.5, 0.6) is 0 Å². The maximum atomic E-state index is 12.4. The lowest BCUT2D eigenvalue weighted by Gasteiger charge is -2.33. The molecule has 11 heteroatoms. The van der Waals surface area contributed by atoms with Gasteiger partial charge >= 0.3 is 6.09 Å². The maximum Gasteiger partial charge on any atom is 0.417 e. The molecule has 0 radical (unpaired) electrons. The number of guanidine groups is 1. The Bertz CT molecular complexity index is 676. The zero-order valence-electron chi connectivity index (χ0n) is 14.5. The first-order valence-electron chi connectivity index (χ1n) is 7.07. The number of aromatic amines is 1. The molecule has 24 heavy (non-hydrogen) atoms. The van der Waals surface area contributed by atoms with Crippen molar-refractivity contribution in [3.63, 3.8) is 0 Å². The summed E-state index contributed by atoms with van der Waals surface area (Å²) in [7, 11) is 3.20. The van der Waals surface area contributed by atoms with Crippen molar-refractivity contribution in [2.75, 3.05) is 19.4 Å². The van der Waals surface area contributed by atoms with Gasteiger partial charge in [0, 0.05) is 14.1 Å². The minimum atomic E-state index is -0.988. The van der Waals surface area contributed by atoms with Crippen molar-refractivity contribution < 1.29 is 14.3 Å². The molecule has 0 saturated heterocycles. The number of H-pyrrole nitrogens is 1. The third-order valence-corrected chi connectivity index (χ3v) is 3.59. The van der Waals surface area contributed by atoms with Gasteiger partial charge in [-0.1, -0.05) is 0 Å². The van der Waals surface area contributed by atoms with Crippen LogP contribution < -0.4 is 5.32 Å². The standard InChI is InChI=1S/C13H22N6O3S2/c1-7(8(20)15-10-16-11(23)24-17-10)19(9(14)18(5)6)12(21)22-13(2,3)4/h7,14H,1-6H3,(H2,15,16,17,20,23). The van der Waals surface area contributed by atoms with Crippen LogP contribution in [0.4, 0.5) is 10.7 Å². The second kappa shape index (κ2) is 7.71. The predicted octanol–water partition coefficient (Wildman–Crippen LogP) is 2.26. The molecule has 0 aliphatic rings. The van der Waals surface area contributed by atoms with E-state index in [-0.39, 0.29) is 11.9 Å². The van der Waals surface area contributed by atoms with Gasteiger partial charge in [0.05, 0.1) is 0 Å². The van der Waals surface area contributed by atoms with Crippen LogP contribution >= 0.6 is 23.8 Å². The lowest BCUT2D eigenvalue weighted by Crippen LogP contribution is -2.54. The van der Waals surface area contributed by atoms with Gasteiger partial charge in [-0.15, -0.1) is 0 Å². The molecule has 0 saturated carbocycles. The van der Waals surface area contributed by atoms with Crippen molar-refractivity contribution >= 4 is 47.7 Å². The average Bonchev–Trinajstić information content (AvgIpc) is 2.81. The highest BCUT2D eigenvalue weighted by atomic mass is 32.2. The minimum absolute atomic E-state index is 0.168. The first kappa shape index (κ1) is 20.0. The number of amides is 2. The molecule has 2 amide bonds. The summed E-state index contributed by atoms with van der Waals surface area (Å²) in [6.07, 6.45) is -0.782. The summed E-state index contributed by atoms with van der Waals surface area (Å²) in [6, 6.07) is -0.988. The summed E-state index contributed by atoms with van der Waals surface area (Å²) in [5.74, 6) is -0.496. The van der Waals surface area contributed by atoms with Crippen molar-refractivity contribution in [1.82, 2.24) is 19.2 Å². The Kier molecular flexibility index (Phi) is 6.43. The van der Waals surface area contributed by atoms with Crippen molar-refractivity contribution in [3.8, 4) is 0 Å². The number of nitrogens with one attached hydrogen (secondary N) is 3. The molecule has 0 aliphatic carbocycles. The lowest BCUT2D eigenvalue weighted by atomic mass is 10.2. The van der Waals surface area contributed by atoms with Crippen molar-refractivity contribution in [1.29, 1.82) is 5.41 Å². The van der Waals surface area contributed by atoms with E-state index >= 15 is 0 Å². The van der Waals surface area contributed by atoms with Gasteiger partial charge in [-0.2, -0.15) is 4.98 Å². The number of anilines is 1. The summed E-state index contributed by atoms with van der Waals surface area (Å²) in [5.41, 5.74) is -0.752. The molecule has 1 atom stereocenters. The molecule has 3 N–H and O–H groups in total. The fraction of sp³-hybridized carbons (Fsp3) is 0.615. The number of rotatable bonds is 3. The summed E-state index contributed by atoms with van der Waals surface area (Å²) < 4.78 is 8.39. The number of ether oxygens (including phenoxy) is 1. The lowest BCUT2D eigenvalue weighted by molar-refractivity contribution is -0.119. The van der Waals surface area contributed by atoms with Gasteiger partial charge in [0.1, 0.15) is 11.6 Å². The maximum absolute atomic E-state index is 12.4. The molecule has 134 valence electrons. The zero-order valence-corrected chi connectivity index (χ0v) is 16.1. The summed E-state index contributed by atoms with van der Waals surface area (Å²) in [5, 5.41) is 10.6. The molecule has 0 spiro atoms. The molecule has 1 aromatic heterocycles. The fourth-order valence-corrected chi connectivity index (χ4v) is 2.21. The number of carbonyl (C=O) groups excluding carboxylic acids is 2. The van der Waals surface area contributed by atoms with E-state index in [1.807, 2.05) is 0 Å². The number of hydrogen-bond donors (Lipinski definition) is 3. The van der Waals surface area contributed by atoms with Crippen molar-refractivity contribution in [3.05, 3.63) is 3.95 Å². The molecule has 0 bridgehead atoms. The van der Waals surface area contributed by atoms with Gasteiger partial charge in [-0.3, -0.25) is 19.9 Å². The van der Waals surface area contributed by atoms with Crippen LogP contribution in [0, 0.1) is 9.36 Å². The second-order valence-electron chi connectivity index (χ2n) is 6.16. The molecule has 1 rings (SSSR count). The smallest absolute Gasteiger partial charge is 0.417 e. The number of aromatic nitrogens is 2. The van der Waals surface area contributed by atoms with Crippen molar-refractivity contribution in [2.24, 2.45) is 0 Å². The van der Waals surface area contributed by atoms with E-state index in [0.717, 1.165) is 16.4 Å². The Labute approximate surface area is 149 Å². The third kappa shape index (κ3) is 5.57. The molecule has 9 nitrogen and oxygen atoms in total. The first-order valence-corrected chi connectivity index (χ1v) is 8.29. The first-order chi connectivity index (χ1) is 10.9. The van der Waals surface area contributed by atoms with E-state index in [0.29, 0.717) is 3.95 Å². The van der Waals surface area contributed by atoms with Crippen LogP contribution in [0.25, 0.3) is 0 Å². The summed E-state index contributed by atoms with van der Waals surface area (Å²) in [4.78, 5) is 31.1. The van der Waals surface area contributed by atoms with Crippen LogP contribution in [-0.4, -0.2) is 62.9 Å². The van der Waals surface area contributed by atoms with E-state index in [4.69, 9.17) is 22.4 Å². The van der Waals surface area contributed by atoms with Gasteiger partial charge in [0.25, 0.3) is 0 Å². The number of hydrogen-bond acceptors (Lipinski definition) is 7. The van der Waals surface area contributed by atoms with Gasteiger partial charge < -0.3 is 9.64 Å². The largest absolute Gasteiger partial charge is 0.443 e. The van der Waals surface area contributed by atoms with Gasteiger partial charge in [-0.25, -0.2) is 9.69 Å². The van der Waals surface area contributed by atoms with Crippen LogP contribution in [-0.2, 0) is 9.53 Å². The average molecular weight is 374 g/mol. The SMILES string of the molecule is CC(C(=O)Nc1nc(=S)s[nH]1)N(C(=N)N(C)C)C(=O)OC(C)(C)C. The quantitative estimate of drug-likeness (QED) is 0.425. The Balaban J connectivity index is 2.99.